The van der Waals surface area contributed by atoms with Crippen molar-refractivity contribution in [1.82, 2.24) is 10.5 Å². The van der Waals surface area contributed by atoms with Crippen molar-refractivity contribution >= 4 is 11.6 Å². The van der Waals surface area contributed by atoms with E-state index in [1.807, 2.05) is 0 Å². The van der Waals surface area contributed by atoms with Crippen molar-refractivity contribution in [2.45, 2.75) is 13.5 Å². The third-order valence-electron chi connectivity index (χ3n) is 2.37. The molecule has 2 aromatic rings. The second-order valence-electron chi connectivity index (χ2n) is 3.85. The molecule has 0 aliphatic carbocycles. The van der Waals surface area contributed by atoms with Gasteiger partial charge in [0.05, 0.1) is 12.2 Å². The fourth-order valence-corrected chi connectivity index (χ4v) is 1.44. The van der Waals surface area contributed by atoms with Gasteiger partial charge in [0, 0.05) is 11.6 Å². The van der Waals surface area contributed by atoms with Crippen molar-refractivity contribution in [2.24, 2.45) is 0 Å². The van der Waals surface area contributed by atoms with Crippen LogP contribution in [0.4, 0.5) is 10.1 Å². The second kappa shape index (κ2) is 4.87. The summed E-state index contributed by atoms with van der Waals surface area (Å²) in [7, 11) is 0. The molecule has 1 aromatic carbocycles. The van der Waals surface area contributed by atoms with Crippen molar-refractivity contribution in [3.05, 3.63) is 47.1 Å². The summed E-state index contributed by atoms with van der Waals surface area (Å²) in [6.45, 7) is 1.98. The van der Waals surface area contributed by atoms with Gasteiger partial charge in [-0.2, -0.15) is 0 Å². The van der Waals surface area contributed by atoms with Crippen LogP contribution in [0.3, 0.4) is 0 Å². The molecule has 0 aliphatic rings. The van der Waals surface area contributed by atoms with Gasteiger partial charge in [0.1, 0.15) is 17.3 Å². The number of hydrogen-bond donors (Lipinski definition) is 2. The summed E-state index contributed by atoms with van der Waals surface area (Å²) in [5.74, 6) is -0.340. The number of anilines is 1. The van der Waals surface area contributed by atoms with E-state index >= 15 is 0 Å². The monoisotopic (exact) mass is 249 g/mol. The summed E-state index contributed by atoms with van der Waals surface area (Å²) >= 11 is 0. The molecule has 0 unspecified atom stereocenters. The zero-order valence-electron chi connectivity index (χ0n) is 9.74. The van der Waals surface area contributed by atoms with Crippen LogP contribution in [0.5, 0.6) is 0 Å². The minimum absolute atomic E-state index is 0.0127. The highest BCUT2D eigenvalue weighted by Crippen LogP contribution is 2.12. The number of nitrogen functional groups attached to an aromatic ring is 1. The Labute approximate surface area is 103 Å². The number of benzene rings is 1. The van der Waals surface area contributed by atoms with Crippen molar-refractivity contribution in [2.75, 3.05) is 5.73 Å². The molecule has 18 heavy (non-hydrogen) atoms. The highest BCUT2D eigenvalue weighted by molar-refractivity contribution is 5.94. The fourth-order valence-electron chi connectivity index (χ4n) is 1.44. The minimum atomic E-state index is -0.611. The van der Waals surface area contributed by atoms with Crippen LogP contribution < -0.4 is 11.1 Å². The maximum atomic E-state index is 13.2. The highest BCUT2D eigenvalue weighted by atomic mass is 19.1. The maximum Gasteiger partial charge on any atom is 0.251 e. The van der Waals surface area contributed by atoms with Crippen molar-refractivity contribution < 1.29 is 13.7 Å². The molecule has 94 valence electrons. The Bertz CT molecular complexity index is 580. The van der Waals surface area contributed by atoms with Crippen LogP contribution in [-0.4, -0.2) is 11.1 Å². The van der Waals surface area contributed by atoms with E-state index in [0.717, 1.165) is 6.07 Å². The topological polar surface area (TPSA) is 81.2 Å². The van der Waals surface area contributed by atoms with Crippen LogP contribution in [0.2, 0.25) is 0 Å². The van der Waals surface area contributed by atoms with Crippen LogP contribution >= 0.6 is 0 Å². The predicted molar refractivity (Wildman–Crippen MR) is 63.2 cm³/mol. The quantitative estimate of drug-likeness (QED) is 0.810. The summed E-state index contributed by atoms with van der Waals surface area (Å²) in [5.41, 5.74) is 6.16. The Hall–Kier alpha value is -2.37. The van der Waals surface area contributed by atoms with Gasteiger partial charge in [-0.15, -0.1) is 0 Å². The molecule has 0 aliphatic heterocycles. The minimum Gasteiger partial charge on any atom is -0.396 e. The zero-order chi connectivity index (χ0) is 13.1. The van der Waals surface area contributed by atoms with Gasteiger partial charge in [0.25, 0.3) is 5.91 Å². The average Bonchev–Trinajstić information content (AvgIpc) is 2.75. The van der Waals surface area contributed by atoms with E-state index in [9.17, 15) is 9.18 Å². The van der Waals surface area contributed by atoms with Gasteiger partial charge in [0.2, 0.25) is 0 Å². The lowest BCUT2D eigenvalue weighted by molar-refractivity contribution is 0.0949. The van der Waals surface area contributed by atoms with Crippen LogP contribution in [0.15, 0.2) is 28.8 Å². The van der Waals surface area contributed by atoms with Crippen LogP contribution in [-0.2, 0) is 6.54 Å². The van der Waals surface area contributed by atoms with E-state index in [4.69, 9.17) is 10.3 Å². The summed E-state index contributed by atoms with van der Waals surface area (Å²) < 4.78 is 18.0. The Morgan fingerprint density at radius 3 is 2.89 bits per heavy atom. The lowest BCUT2D eigenvalue weighted by Crippen LogP contribution is -2.23. The number of carbonyl (C=O) groups excluding carboxylic acids is 1. The number of amides is 1. The average molecular weight is 249 g/mol. The molecular weight excluding hydrogens is 237 g/mol. The third kappa shape index (κ3) is 2.65. The molecule has 0 atom stereocenters. The van der Waals surface area contributed by atoms with Crippen molar-refractivity contribution in [3.8, 4) is 0 Å². The molecule has 0 saturated carbocycles. The third-order valence-corrected chi connectivity index (χ3v) is 2.37. The number of hydrogen-bond acceptors (Lipinski definition) is 4. The fraction of sp³-hybridized carbons (Fsp3) is 0.167. The SMILES string of the molecule is Cc1cc(CNC(=O)c2ccc(N)c(F)c2)no1. The Kier molecular flexibility index (Phi) is 3.27. The van der Waals surface area contributed by atoms with E-state index in [0.29, 0.717) is 11.5 Å². The van der Waals surface area contributed by atoms with Gasteiger partial charge in [-0.05, 0) is 25.1 Å². The van der Waals surface area contributed by atoms with E-state index in [2.05, 4.69) is 10.5 Å². The molecule has 0 spiro atoms. The second-order valence-corrected chi connectivity index (χ2v) is 3.85. The first kappa shape index (κ1) is 12.1. The molecule has 0 bridgehead atoms. The van der Waals surface area contributed by atoms with E-state index in [1.54, 1.807) is 13.0 Å². The zero-order valence-corrected chi connectivity index (χ0v) is 9.74. The smallest absolute Gasteiger partial charge is 0.251 e. The van der Waals surface area contributed by atoms with Gasteiger partial charge in [-0.1, -0.05) is 5.16 Å². The molecule has 3 N–H and O–H groups in total. The number of nitrogens with two attached hydrogens (primary N) is 1. The first-order valence-electron chi connectivity index (χ1n) is 5.31. The highest BCUT2D eigenvalue weighted by Gasteiger charge is 2.09. The lowest BCUT2D eigenvalue weighted by atomic mass is 10.2. The lowest BCUT2D eigenvalue weighted by Gasteiger charge is -2.04. The van der Waals surface area contributed by atoms with Gasteiger partial charge in [0.15, 0.2) is 0 Å². The number of nitrogens with one attached hydrogen (secondary N) is 1. The molecule has 5 nitrogen and oxygen atoms in total. The standard InChI is InChI=1S/C12H12FN3O2/c1-7-4-9(16-18-7)6-15-12(17)8-2-3-11(14)10(13)5-8/h2-5H,6,14H2,1H3,(H,15,17). The summed E-state index contributed by atoms with van der Waals surface area (Å²) in [6, 6.07) is 5.62. The molecule has 0 radical (unpaired) electrons. The first-order chi connectivity index (χ1) is 8.56. The number of aryl methyl sites for hydroxylation is 1. The molecule has 1 aromatic heterocycles. The summed E-state index contributed by atoms with van der Waals surface area (Å²) in [5, 5.41) is 6.34. The number of halogens is 1. The Morgan fingerprint density at radius 2 is 2.28 bits per heavy atom. The summed E-state index contributed by atoms with van der Waals surface area (Å²) in [4.78, 5) is 11.7. The number of nitrogens with zero attached hydrogens (tertiary/aromatic N) is 1. The van der Waals surface area contributed by atoms with Crippen LogP contribution in [0.25, 0.3) is 0 Å². The Morgan fingerprint density at radius 1 is 1.50 bits per heavy atom. The number of aromatic nitrogens is 1. The van der Waals surface area contributed by atoms with Crippen LogP contribution in [0.1, 0.15) is 21.8 Å². The molecule has 2 rings (SSSR count). The summed E-state index contributed by atoms with van der Waals surface area (Å²) in [6.07, 6.45) is 0. The maximum absolute atomic E-state index is 13.2. The normalized spacial score (nSPS) is 10.3. The van der Waals surface area contributed by atoms with Gasteiger partial charge >= 0.3 is 0 Å². The van der Waals surface area contributed by atoms with Crippen molar-refractivity contribution in [3.63, 3.8) is 0 Å². The van der Waals surface area contributed by atoms with Gasteiger partial charge in [-0.3, -0.25) is 4.79 Å². The molecule has 1 heterocycles. The largest absolute Gasteiger partial charge is 0.396 e. The molecule has 0 saturated heterocycles. The molecule has 0 fully saturated rings. The first-order valence-corrected chi connectivity index (χ1v) is 5.31. The van der Waals surface area contributed by atoms with Crippen LogP contribution in [0, 0.1) is 12.7 Å². The van der Waals surface area contributed by atoms with Crippen molar-refractivity contribution in [1.29, 1.82) is 0 Å². The molecule has 1 amide bonds. The predicted octanol–water partition coefficient (Wildman–Crippen LogP) is 1.63. The van der Waals surface area contributed by atoms with E-state index < -0.39 is 11.7 Å². The number of carbonyl (C=O) groups is 1. The van der Waals surface area contributed by atoms with Gasteiger partial charge in [-0.25, -0.2) is 4.39 Å². The van der Waals surface area contributed by atoms with E-state index in [1.165, 1.54) is 12.1 Å². The Balaban J connectivity index is 2.01. The number of rotatable bonds is 3. The van der Waals surface area contributed by atoms with E-state index in [-0.39, 0.29) is 17.8 Å². The van der Waals surface area contributed by atoms with Gasteiger partial charge < -0.3 is 15.6 Å². The molecular formula is C12H12FN3O2. The molecule has 6 heteroatoms.